The summed E-state index contributed by atoms with van der Waals surface area (Å²) in [7, 11) is -9.93. The van der Waals surface area contributed by atoms with Gasteiger partial charge in [0.15, 0.2) is 12.2 Å². The van der Waals surface area contributed by atoms with Crippen molar-refractivity contribution in [3.8, 4) is 0 Å². The Hall–Kier alpha value is -1.94. The van der Waals surface area contributed by atoms with Crippen LogP contribution in [-0.2, 0) is 65.4 Å². The highest BCUT2D eigenvalue weighted by molar-refractivity contribution is 7.47. The number of phosphoric ester groups is 2. The Bertz CT molecular complexity index is 1990. The molecule has 7 atom stereocenters. The maximum absolute atomic E-state index is 13.1. The number of aliphatic hydroxyl groups excluding tert-OH is 1. The van der Waals surface area contributed by atoms with Crippen LogP contribution < -0.4 is 0 Å². The van der Waals surface area contributed by atoms with Gasteiger partial charge >= 0.3 is 39.5 Å². The average Bonchev–Trinajstić information content (AvgIpc) is 0.908. The number of carbonyl (C=O) groups is 4. The van der Waals surface area contributed by atoms with Crippen molar-refractivity contribution in [2.75, 3.05) is 39.6 Å². The topological polar surface area (TPSA) is 237 Å². The SMILES string of the molecule is CCC(C)CCCCCCCCCCCCCCCCC(=O)OC[C@H](COP(=O)(O)OC[C@@H](O)COP(=O)(O)OC[C@@H](COC(=O)CCCCCCCCC(C)CC)OC(=O)CCCCCCCCCCCCCCCCC(C)C)OC(=O)CCCCCCCCCCCCCCCCC(C)C. The molecule has 606 valence electrons. The van der Waals surface area contributed by atoms with E-state index in [0.717, 1.165) is 120 Å². The molecule has 0 saturated heterocycles. The highest BCUT2D eigenvalue weighted by Crippen LogP contribution is 2.45. The molecule has 19 heteroatoms. The Labute approximate surface area is 626 Å². The molecule has 3 N–H and O–H groups in total. The maximum Gasteiger partial charge on any atom is 0.472 e. The van der Waals surface area contributed by atoms with Crippen molar-refractivity contribution < 1.29 is 80.2 Å². The molecule has 0 aromatic heterocycles. The molecule has 0 aliphatic carbocycles. The summed E-state index contributed by atoms with van der Waals surface area (Å²) in [6.07, 6.45) is 59.6. The third kappa shape index (κ3) is 73.6. The lowest BCUT2D eigenvalue weighted by atomic mass is 9.99. The molecule has 0 aliphatic rings. The fraction of sp³-hybridized carbons (Fsp3) is 0.952. The first-order valence-corrected chi connectivity index (χ1v) is 45.8. The van der Waals surface area contributed by atoms with Crippen molar-refractivity contribution in [3.05, 3.63) is 0 Å². The van der Waals surface area contributed by atoms with E-state index < -0.39 is 97.5 Å². The molecule has 0 aliphatic heterocycles. The van der Waals surface area contributed by atoms with Gasteiger partial charge in [-0.1, -0.05) is 376 Å². The highest BCUT2D eigenvalue weighted by atomic mass is 31.2. The van der Waals surface area contributed by atoms with Crippen LogP contribution >= 0.6 is 15.6 Å². The Morgan fingerprint density at radius 1 is 0.275 bits per heavy atom. The number of carbonyl (C=O) groups excluding carboxylic acids is 4. The lowest BCUT2D eigenvalue weighted by Crippen LogP contribution is -2.30. The molecule has 0 rings (SSSR count). The zero-order valence-electron chi connectivity index (χ0n) is 67.2. The predicted octanol–water partition coefficient (Wildman–Crippen LogP) is 24.8. The van der Waals surface area contributed by atoms with E-state index >= 15 is 0 Å². The maximum atomic E-state index is 13.1. The predicted molar refractivity (Wildman–Crippen MR) is 418 cm³/mol. The van der Waals surface area contributed by atoms with Crippen LogP contribution in [0, 0.1) is 23.7 Å². The van der Waals surface area contributed by atoms with Crippen molar-refractivity contribution in [1.82, 2.24) is 0 Å². The second-order valence-electron chi connectivity index (χ2n) is 31.3. The molecular weight excluding hydrogens is 1330 g/mol. The first-order valence-electron chi connectivity index (χ1n) is 42.8. The van der Waals surface area contributed by atoms with Gasteiger partial charge in [0.25, 0.3) is 0 Å². The van der Waals surface area contributed by atoms with Gasteiger partial charge in [-0.2, -0.15) is 0 Å². The molecule has 0 aromatic rings. The molecular formula is C83H162O17P2. The van der Waals surface area contributed by atoms with Crippen LogP contribution in [0.3, 0.4) is 0 Å². The number of hydrogen-bond acceptors (Lipinski definition) is 15. The third-order valence-corrected chi connectivity index (χ3v) is 21.9. The summed E-state index contributed by atoms with van der Waals surface area (Å²) in [5.74, 6) is 1.06. The minimum atomic E-state index is -4.96. The molecule has 0 bridgehead atoms. The molecule has 0 heterocycles. The summed E-state index contributed by atoms with van der Waals surface area (Å²) in [6, 6.07) is 0. The molecule has 0 radical (unpaired) electrons. The van der Waals surface area contributed by atoms with Crippen LogP contribution in [0.4, 0.5) is 0 Å². The summed E-state index contributed by atoms with van der Waals surface area (Å²) in [5.41, 5.74) is 0. The van der Waals surface area contributed by atoms with E-state index in [1.54, 1.807) is 0 Å². The number of esters is 4. The monoisotopic (exact) mass is 1490 g/mol. The van der Waals surface area contributed by atoms with Gasteiger partial charge in [-0.3, -0.25) is 37.3 Å². The van der Waals surface area contributed by atoms with Gasteiger partial charge in [0.05, 0.1) is 26.4 Å². The van der Waals surface area contributed by atoms with Gasteiger partial charge in [0.2, 0.25) is 0 Å². The summed E-state index contributed by atoms with van der Waals surface area (Å²) in [5, 5.41) is 10.7. The van der Waals surface area contributed by atoms with Gasteiger partial charge in [0.1, 0.15) is 19.3 Å². The van der Waals surface area contributed by atoms with E-state index in [2.05, 4.69) is 55.4 Å². The van der Waals surface area contributed by atoms with Crippen LogP contribution in [0.1, 0.15) is 428 Å². The molecule has 0 aromatic carbocycles. The van der Waals surface area contributed by atoms with Crippen LogP contribution in [0.5, 0.6) is 0 Å². The number of rotatable bonds is 80. The van der Waals surface area contributed by atoms with Crippen LogP contribution in [0.15, 0.2) is 0 Å². The minimum absolute atomic E-state index is 0.106. The summed E-state index contributed by atoms with van der Waals surface area (Å²) >= 11 is 0. The lowest BCUT2D eigenvalue weighted by Gasteiger charge is -2.21. The lowest BCUT2D eigenvalue weighted by molar-refractivity contribution is -0.161. The molecule has 0 saturated carbocycles. The van der Waals surface area contributed by atoms with Gasteiger partial charge in [-0.15, -0.1) is 0 Å². The van der Waals surface area contributed by atoms with Crippen molar-refractivity contribution in [2.45, 2.75) is 446 Å². The zero-order chi connectivity index (χ0) is 75.3. The third-order valence-electron chi connectivity index (χ3n) is 20.0. The Kier molecular flexibility index (Phi) is 70.6. The highest BCUT2D eigenvalue weighted by Gasteiger charge is 2.30. The quantitative estimate of drug-likeness (QED) is 0.0222. The van der Waals surface area contributed by atoms with Crippen molar-refractivity contribution in [2.24, 2.45) is 23.7 Å². The van der Waals surface area contributed by atoms with Gasteiger partial charge in [0, 0.05) is 25.7 Å². The van der Waals surface area contributed by atoms with E-state index in [4.69, 9.17) is 37.0 Å². The van der Waals surface area contributed by atoms with Crippen molar-refractivity contribution in [1.29, 1.82) is 0 Å². The molecule has 102 heavy (non-hydrogen) atoms. The Morgan fingerprint density at radius 2 is 0.471 bits per heavy atom. The average molecular weight is 1490 g/mol. The standard InChI is InChI=1S/C83H162O17P2/c1-9-75(7)61-53-45-37-31-25-19-13-16-20-26-32-38-47-55-63-80(85)93-69-78(99-82(87)65-57-49-39-33-27-21-14-11-17-23-29-35-43-51-59-73(3)4)71-97-101(89,90)95-67-77(84)68-96-102(91,92)98-72-79(70-94-81(86)64-56-48-42-41-46-54-62-76(8)10-2)100-83(88)66-58-50-40-34-28-22-15-12-18-24-30-36-44-52-60-74(5)6/h73-79,84H,9-72H2,1-8H3,(H,89,90)(H,91,92)/t75?,76?,77-,78-,79-/m1/s1. The summed E-state index contributed by atoms with van der Waals surface area (Å²) in [4.78, 5) is 73.1. The fourth-order valence-electron chi connectivity index (χ4n) is 12.7. The normalized spacial score (nSPS) is 14.5. The van der Waals surface area contributed by atoms with Crippen molar-refractivity contribution in [3.63, 3.8) is 0 Å². The Balaban J connectivity index is 5.25. The van der Waals surface area contributed by atoms with Gasteiger partial charge < -0.3 is 33.8 Å². The number of hydrogen-bond donors (Lipinski definition) is 3. The fourth-order valence-corrected chi connectivity index (χ4v) is 14.3. The summed E-state index contributed by atoms with van der Waals surface area (Å²) < 4.78 is 68.8. The first-order chi connectivity index (χ1) is 49.2. The van der Waals surface area contributed by atoms with E-state index in [1.807, 2.05) is 0 Å². The molecule has 4 unspecified atom stereocenters. The first kappa shape index (κ1) is 100. The smallest absolute Gasteiger partial charge is 0.462 e. The molecule has 0 amide bonds. The van der Waals surface area contributed by atoms with E-state index in [0.29, 0.717) is 25.7 Å². The van der Waals surface area contributed by atoms with Crippen molar-refractivity contribution >= 4 is 39.5 Å². The number of aliphatic hydroxyl groups is 1. The molecule has 0 spiro atoms. The number of unbranched alkanes of at least 4 members (excludes halogenated alkanes) is 44. The van der Waals surface area contributed by atoms with E-state index in [1.165, 1.54) is 225 Å². The second-order valence-corrected chi connectivity index (χ2v) is 34.2. The van der Waals surface area contributed by atoms with E-state index in [9.17, 15) is 43.2 Å². The largest absolute Gasteiger partial charge is 0.472 e. The van der Waals surface area contributed by atoms with Gasteiger partial charge in [-0.05, 0) is 49.4 Å². The Morgan fingerprint density at radius 3 is 0.696 bits per heavy atom. The minimum Gasteiger partial charge on any atom is -0.462 e. The van der Waals surface area contributed by atoms with Crippen LogP contribution in [0.2, 0.25) is 0 Å². The molecule has 17 nitrogen and oxygen atoms in total. The molecule has 0 fully saturated rings. The second kappa shape index (κ2) is 72.0. The van der Waals surface area contributed by atoms with Crippen LogP contribution in [-0.4, -0.2) is 96.7 Å². The zero-order valence-corrected chi connectivity index (χ0v) is 69.0. The number of ether oxygens (including phenoxy) is 4. The van der Waals surface area contributed by atoms with E-state index in [-0.39, 0.29) is 25.7 Å². The van der Waals surface area contributed by atoms with Crippen LogP contribution in [0.25, 0.3) is 0 Å². The summed E-state index contributed by atoms with van der Waals surface area (Å²) in [6.45, 7) is 14.3. The number of phosphoric acid groups is 2. The van der Waals surface area contributed by atoms with Gasteiger partial charge in [-0.25, -0.2) is 9.13 Å².